The number of hydrogen-bond donors (Lipinski definition) is 2. The average Bonchev–Trinajstić information content (AvgIpc) is 4.19. The van der Waals surface area contributed by atoms with Gasteiger partial charge in [0, 0.05) is 18.8 Å². The smallest absolute Gasteiger partial charge is 0.407 e. The minimum absolute atomic E-state index is 0.0169. The number of ketones is 1. The Kier molecular flexibility index (Phi) is 28.1. The van der Waals surface area contributed by atoms with E-state index in [2.05, 4.69) is 5.32 Å². The molecule has 1 aromatic carbocycles. The van der Waals surface area contributed by atoms with Crippen LogP contribution in [-0.4, -0.2) is 132 Å². The summed E-state index contributed by atoms with van der Waals surface area (Å²) in [6.45, 7) is 22.2. The van der Waals surface area contributed by atoms with Crippen molar-refractivity contribution in [2.75, 3.05) is 79.2 Å². The lowest BCUT2D eigenvalue weighted by atomic mass is 9.91. The van der Waals surface area contributed by atoms with E-state index in [4.69, 9.17) is 42.6 Å². The number of unbranched alkanes of at least 4 members (excludes halogenated alkanes) is 2. The van der Waals surface area contributed by atoms with Crippen LogP contribution in [0.15, 0.2) is 24.3 Å². The van der Waals surface area contributed by atoms with Crippen molar-refractivity contribution in [1.29, 1.82) is 0 Å². The first-order valence-electron chi connectivity index (χ1n) is 21.7. The molecule has 61 heavy (non-hydrogen) atoms. The summed E-state index contributed by atoms with van der Waals surface area (Å²) in [6, 6.07) is 6.32. The number of hydrogen-bond acceptors (Lipinski definition) is 15. The van der Waals surface area contributed by atoms with Gasteiger partial charge in [-0.1, -0.05) is 34.6 Å². The van der Waals surface area contributed by atoms with E-state index >= 15 is 0 Å². The third kappa shape index (κ3) is 27.7. The zero-order valence-corrected chi connectivity index (χ0v) is 38.2. The van der Waals surface area contributed by atoms with E-state index in [1.54, 1.807) is 31.2 Å². The first kappa shape index (κ1) is 55.2. The standard InChI is InChI=1S/C20H29NO7.C13H24O4.C12H22O4/c1-5-14(2)18(23)27-11-10-21-19(24)28-13-12-26-16-8-6-15(7-9-16)17(22)20(3,4)25;1-4-13(2,3)12(14)16-8-6-5-7-15-9-11-10-17-11;1-3-10(2)12(13)15-7-5-4-6-14-8-11-9-16-11/h6-9,14,25H,5,10-13H2,1-4H3,(H,21,24);11H,4-10H2,1-3H3;10-11H,3-9H2,1-2H3. The van der Waals surface area contributed by atoms with Crippen molar-refractivity contribution in [2.24, 2.45) is 17.3 Å². The van der Waals surface area contributed by atoms with E-state index in [1.807, 2.05) is 41.5 Å². The molecular weight excluding hydrogens is 794 g/mol. The van der Waals surface area contributed by atoms with Gasteiger partial charge in [-0.2, -0.15) is 0 Å². The van der Waals surface area contributed by atoms with Gasteiger partial charge >= 0.3 is 24.0 Å². The maximum absolute atomic E-state index is 11.9. The Bertz CT molecular complexity index is 1390. The van der Waals surface area contributed by atoms with Gasteiger partial charge in [-0.25, -0.2) is 4.79 Å². The molecule has 16 nitrogen and oxygen atoms in total. The van der Waals surface area contributed by atoms with Crippen LogP contribution in [0, 0.1) is 17.3 Å². The molecule has 0 aliphatic carbocycles. The Labute approximate surface area is 363 Å². The second-order valence-electron chi connectivity index (χ2n) is 16.1. The number of esters is 3. The van der Waals surface area contributed by atoms with Crippen molar-refractivity contribution >= 4 is 29.8 Å². The fourth-order valence-corrected chi connectivity index (χ4v) is 4.37. The minimum Gasteiger partial charge on any atom is -0.490 e. The van der Waals surface area contributed by atoms with Gasteiger partial charge in [-0.15, -0.1) is 0 Å². The highest BCUT2D eigenvalue weighted by Crippen LogP contribution is 2.21. The molecule has 0 saturated carbocycles. The molecule has 1 amide bonds. The Balaban J connectivity index is 0.000000485. The second kappa shape index (κ2) is 31.1. The number of nitrogens with one attached hydrogen (secondary N) is 1. The molecule has 16 heteroatoms. The van der Waals surface area contributed by atoms with E-state index in [0.29, 0.717) is 63.0 Å². The highest BCUT2D eigenvalue weighted by molar-refractivity contribution is 6.01. The molecule has 0 radical (unpaired) electrons. The molecule has 3 rings (SSSR count). The van der Waals surface area contributed by atoms with Gasteiger partial charge < -0.3 is 53.1 Å². The van der Waals surface area contributed by atoms with Crippen molar-refractivity contribution in [3.63, 3.8) is 0 Å². The second-order valence-corrected chi connectivity index (χ2v) is 16.1. The van der Waals surface area contributed by atoms with Gasteiger partial charge in [0.25, 0.3) is 0 Å². The molecule has 4 unspecified atom stereocenters. The monoisotopic (exact) mass is 870 g/mol. The maximum Gasteiger partial charge on any atom is 0.407 e. The summed E-state index contributed by atoms with van der Waals surface area (Å²) in [5.41, 5.74) is -1.42. The fourth-order valence-electron chi connectivity index (χ4n) is 4.37. The van der Waals surface area contributed by atoms with Gasteiger partial charge in [0.15, 0.2) is 5.78 Å². The van der Waals surface area contributed by atoms with Crippen molar-refractivity contribution in [3.05, 3.63) is 29.8 Å². The van der Waals surface area contributed by atoms with Crippen molar-refractivity contribution in [1.82, 2.24) is 5.32 Å². The molecule has 0 bridgehead atoms. The van der Waals surface area contributed by atoms with Gasteiger partial charge in [0.1, 0.15) is 43.4 Å². The molecule has 2 heterocycles. The summed E-state index contributed by atoms with van der Waals surface area (Å²) in [5, 5.41) is 12.2. The van der Waals surface area contributed by atoms with Gasteiger partial charge in [-0.05, 0) is 96.9 Å². The largest absolute Gasteiger partial charge is 0.490 e. The van der Waals surface area contributed by atoms with Crippen LogP contribution in [0.25, 0.3) is 0 Å². The Morgan fingerprint density at radius 3 is 1.62 bits per heavy atom. The number of ether oxygens (including phenoxy) is 9. The van der Waals surface area contributed by atoms with Gasteiger partial charge in [-0.3, -0.25) is 19.2 Å². The lowest BCUT2D eigenvalue weighted by Crippen LogP contribution is -2.31. The number of epoxide rings is 2. The summed E-state index contributed by atoms with van der Waals surface area (Å²) in [7, 11) is 0. The number of benzene rings is 1. The summed E-state index contributed by atoms with van der Waals surface area (Å²) < 4.78 is 46.5. The zero-order chi connectivity index (χ0) is 45.7. The SMILES string of the molecule is CCC(C)(C)C(=O)OCCCCOCC1CO1.CCC(C)C(=O)OCCCCOCC1CO1.CCC(C)C(=O)OCCNC(=O)OCCOc1ccc(C(=O)C(C)(C)O)cc1. The number of Topliss-reactive ketones (excluding diaryl/α,β-unsaturated/α-hetero) is 1. The van der Waals surface area contributed by atoms with E-state index in [-0.39, 0.29) is 67.3 Å². The van der Waals surface area contributed by atoms with Crippen LogP contribution in [-0.2, 0) is 52.3 Å². The fraction of sp³-hybridized carbons (Fsp3) is 0.756. The number of carbonyl (C=O) groups excluding carboxylic acids is 5. The summed E-state index contributed by atoms with van der Waals surface area (Å²) in [6.07, 6.45) is 5.96. The van der Waals surface area contributed by atoms with Crippen molar-refractivity contribution in [2.45, 2.75) is 125 Å². The highest BCUT2D eigenvalue weighted by atomic mass is 16.6. The average molecular weight is 870 g/mol. The lowest BCUT2D eigenvalue weighted by Gasteiger charge is -2.20. The van der Waals surface area contributed by atoms with Crippen molar-refractivity contribution in [3.8, 4) is 5.75 Å². The molecule has 2 fully saturated rings. The molecule has 2 aliphatic rings. The Morgan fingerprint density at radius 1 is 0.689 bits per heavy atom. The third-order valence-corrected chi connectivity index (χ3v) is 9.59. The lowest BCUT2D eigenvalue weighted by molar-refractivity contribution is -0.154. The molecule has 1 aromatic rings. The van der Waals surface area contributed by atoms with E-state index in [0.717, 1.165) is 58.3 Å². The van der Waals surface area contributed by atoms with Crippen LogP contribution in [0.3, 0.4) is 0 Å². The maximum atomic E-state index is 11.9. The number of carbonyl (C=O) groups is 5. The molecule has 2 saturated heterocycles. The quantitative estimate of drug-likeness (QED) is 0.0299. The minimum atomic E-state index is -1.43. The van der Waals surface area contributed by atoms with Crippen molar-refractivity contribution < 1.29 is 71.7 Å². The molecule has 2 N–H and O–H groups in total. The number of aliphatic hydroxyl groups is 1. The summed E-state index contributed by atoms with van der Waals surface area (Å²) in [5.74, 6) is -0.500. The topological polar surface area (TPSA) is 207 Å². The zero-order valence-electron chi connectivity index (χ0n) is 38.2. The third-order valence-electron chi connectivity index (χ3n) is 9.59. The Hall–Kier alpha value is -3.83. The van der Waals surface area contributed by atoms with Crippen LogP contribution in [0.4, 0.5) is 4.79 Å². The van der Waals surface area contributed by atoms with Gasteiger partial charge in [0.05, 0.1) is 63.4 Å². The van der Waals surface area contributed by atoms with Crippen LogP contribution < -0.4 is 10.1 Å². The molecule has 4 atom stereocenters. The van der Waals surface area contributed by atoms with E-state index in [1.165, 1.54) is 13.8 Å². The molecule has 2 aliphatic heterocycles. The van der Waals surface area contributed by atoms with E-state index < -0.39 is 11.7 Å². The van der Waals surface area contributed by atoms with Crippen LogP contribution >= 0.6 is 0 Å². The Morgan fingerprint density at radius 2 is 1.16 bits per heavy atom. The highest BCUT2D eigenvalue weighted by Gasteiger charge is 2.27. The normalized spacial score (nSPS) is 16.2. The molecule has 350 valence electrons. The molecular formula is C45H75NO15. The molecule has 0 spiro atoms. The predicted molar refractivity (Wildman–Crippen MR) is 227 cm³/mol. The number of rotatable bonds is 29. The number of alkyl carbamates (subject to hydrolysis) is 1. The molecule has 0 aromatic heterocycles. The van der Waals surface area contributed by atoms with Crippen LogP contribution in [0.2, 0.25) is 0 Å². The summed E-state index contributed by atoms with van der Waals surface area (Å²) >= 11 is 0. The van der Waals surface area contributed by atoms with Crippen LogP contribution in [0.1, 0.15) is 118 Å². The first-order chi connectivity index (χ1) is 28.9. The number of amides is 1. The summed E-state index contributed by atoms with van der Waals surface area (Å²) in [4.78, 5) is 57.8. The van der Waals surface area contributed by atoms with E-state index in [9.17, 15) is 29.1 Å². The van der Waals surface area contributed by atoms with Crippen LogP contribution in [0.5, 0.6) is 5.75 Å². The predicted octanol–water partition coefficient (Wildman–Crippen LogP) is 6.27. The van der Waals surface area contributed by atoms with Gasteiger partial charge in [0.2, 0.25) is 0 Å². The first-order valence-corrected chi connectivity index (χ1v) is 21.7.